The molecule has 12 heteroatoms. The molecule has 1 aliphatic heterocycles. The molecular formula is C32H43N3O8Se. The van der Waals surface area contributed by atoms with Gasteiger partial charge < -0.3 is 0 Å². The van der Waals surface area contributed by atoms with E-state index in [1.165, 1.54) is 6.92 Å². The summed E-state index contributed by atoms with van der Waals surface area (Å²) in [6.07, 6.45) is 3.09. The number of hydrogen-bond donors (Lipinski definition) is 2. The molecule has 0 unspecified atom stereocenters. The van der Waals surface area contributed by atoms with Crippen LogP contribution in [-0.2, 0) is 44.9 Å². The first-order valence-corrected chi connectivity index (χ1v) is 17.6. The quantitative estimate of drug-likeness (QED) is 0.129. The molecule has 0 spiro atoms. The number of hydrogen-bond acceptors (Lipinski definition) is 8. The number of benzene rings is 1. The molecule has 3 atom stereocenters. The zero-order chi connectivity index (χ0) is 32.8. The van der Waals surface area contributed by atoms with Crippen LogP contribution in [0, 0.1) is 17.8 Å². The van der Waals surface area contributed by atoms with Gasteiger partial charge in [-0.05, 0) is 0 Å². The van der Waals surface area contributed by atoms with Gasteiger partial charge in [-0.1, -0.05) is 0 Å². The van der Waals surface area contributed by atoms with Crippen molar-refractivity contribution in [2.45, 2.75) is 83.6 Å². The van der Waals surface area contributed by atoms with Gasteiger partial charge in [0.1, 0.15) is 0 Å². The number of anilines is 1. The van der Waals surface area contributed by atoms with E-state index < -0.39 is 35.6 Å². The number of ether oxygens (including phenoxy) is 1. The summed E-state index contributed by atoms with van der Waals surface area (Å²) in [7, 11) is 0. The summed E-state index contributed by atoms with van der Waals surface area (Å²) in [6.45, 7) is 6.85. The Labute approximate surface area is 265 Å². The van der Waals surface area contributed by atoms with Gasteiger partial charge in [0.05, 0.1) is 0 Å². The van der Waals surface area contributed by atoms with Gasteiger partial charge in [-0.25, -0.2) is 0 Å². The number of rotatable bonds is 19. The molecule has 1 aromatic rings. The van der Waals surface area contributed by atoms with Crippen molar-refractivity contribution >= 4 is 61.8 Å². The molecule has 1 heterocycles. The average molecular weight is 677 g/mol. The molecule has 0 saturated carbocycles. The maximum atomic E-state index is 13.2. The summed E-state index contributed by atoms with van der Waals surface area (Å²) in [4.78, 5) is 87.7. The first-order valence-electron chi connectivity index (χ1n) is 14.7. The summed E-state index contributed by atoms with van der Waals surface area (Å²) in [5.41, 5.74) is 1.33. The fourth-order valence-electron chi connectivity index (χ4n) is 4.65. The van der Waals surface area contributed by atoms with E-state index in [4.69, 9.17) is 4.74 Å². The molecule has 240 valence electrons. The molecule has 2 N–H and O–H groups in total. The molecular weight excluding hydrogens is 633 g/mol. The average Bonchev–Trinajstić information content (AvgIpc) is 3.29. The second-order valence-corrected chi connectivity index (χ2v) is 13.4. The molecule has 1 aliphatic rings. The summed E-state index contributed by atoms with van der Waals surface area (Å²) < 4.78 is 4.98. The van der Waals surface area contributed by atoms with Crippen LogP contribution in [0.4, 0.5) is 5.69 Å². The Morgan fingerprint density at radius 3 is 2.11 bits per heavy atom. The minimum absolute atomic E-state index is 0.0463. The number of imide groups is 1. The Hall–Kier alpha value is -3.63. The fraction of sp³-hybridized carbons (Fsp3) is 0.531. The van der Waals surface area contributed by atoms with E-state index in [1.54, 1.807) is 31.2 Å². The fourth-order valence-corrected chi connectivity index (χ4v) is 5.74. The van der Waals surface area contributed by atoms with Crippen LogP contribution in [0.3, 0.4) is 0 Å². The van der Waals surface area contributed by atoms with Gasteiger partial charge >= 0.3 is 209 Å². The molecule has 0 bridgehead atoms. The number of nitrogens with one attached hydrogen (secondary N) is 2. The Morgan fingerprint density at radius 2 is 1.55 bits per heavy atom. The van der Waals surface area contributed by atoms with E-state index in [9.17, 15) is 33.6 Å². The van der Waals surface area contributed by atoms with Crippen molar-refractivity contribution in [1.82, 2.24) is 10.2 Å². The van der Waals surface area contributed by atoms with Crippen molar-refractivity contribution in [1.29, 1.82) is 0 Å². The molecule has 1 aromatic carbocycles. The van der Waals surface area contributed by atoms with Gasteiger partial charge in [-0.3, -0.25) is 19.3 Å². The van der Waals surface area contributed by atoms with Crippen LogP contribution in [0.1, 0.15) is 65.4 Å². The minimum atomic E-state index is -0.860. The Kier molecular flexibility index (Phi) is 15.2. The predicted molar refractivity (Wildman–Crippen MR) is 165 cm³/mol. The number of ketones is 2. The second kappa shape index (κ2) is 18.2. The van der Waals surface area contributed by atoms with Crippen LogP contribution >= 0.6 is 0 Å². The van der Waals surface area contributed by atoms with Crippen molar-refractivity contribution in [3.05, 3.63) is 42.0 Å². The van der Waals surface area contributed by atoms with Crippen molar-refractivity contribution in [2.24, 2.45) is 17.8 Å². The van der Waals surface area contributed by atoms with Crippen LogP contribution in [0.25, 0.3) is 0 Å². The molecule has 2 rings (SSSR count). The monoisotopic (exact) mass is 677 g/mol. The molecule has 0 fully saturated rings. The third-order valence-corrected chi connectivity index (χ3v) is 8.46. The number of Topliss-reactive ketones (excluding diaryl/α,β-unsaturated/α-hetero) is 2. The first kappa shape index (κ1) is 36.6. The van der Waals surface area contributed by atoms with Crippen LogP contribution in [0.2, 0.25) is 11.1 Å². The van der Waals surface area contributed by atoms with Gasteiger partial charge in [0.25, 0.3) is 11.8 Å². The zero-order valence-corrected chi connectivity index (χ0v) is 27.8. The molecule has 11 nitrogen and oxygen atoms in total. The molecule has 44 heavy (non-hydrogen) atoms. The maximum absolute atomic E-state index is 13.2. The molecule has 0 aromatic heterocycles. The van der Waals surface area contributed by atoms with E-state index in [2.05, 4.69) is 16.5 Å². The normalized spacial score (nSPS) is 14.7. The van der Waals surface area contributed by atoms with Gasteiger partial charge in [0.2, 0.25) is 0 Å². The SMILES string of the molecule is C[Se]CC[C@H](CC(=O)[C@H](C)NC(=O)[C@H](CC(=O)CCN1C(=O)C=CC1=O)CC(C)C)C(=O)Nc1ccc(COC(C)=O)cc1. The van der Waals surface area contributed by atoms with Gasteiger partial charge in [0, 0.05) is 25.6 Å². The van der Waals surface area contributed by atoms with Crippen molar-refractivity contribution in [2.75, 3.05) is 11.9 Å². The van der Waals surface area contributed by atoms with Crippen LogP contribution < -0.4 is 10.6 Å². The predicted octanol–water partition coefficient (Wildman–Crippen LogP) is 3.27. The topological polar surface area (TPSA) is 156 Å². The van der Waals surface area contributed by atoms with E-state index in [1.807, 2.05) is 13.8 Å². The number of carbonyl (C=O) groups excluding carboxylic acids is 7. The van der Waals surface area contributed by atoms with Crippen LogP contribution in [-0.4, -0.2) is 73.6 Å². The summed E-state index contributed by atoms with van der Waals surface area (Å²) in [5, 5.41) is 6.41. The second-order valence-electron chi connectivity index (χ2n) is 11.3. The van der Waals surface area contributed by atoms with Crippen molar-refractivity contribution < 1.29 is 38.3 Å². The number of esters is 1. The molecule has 0 radical (unpaired) electrons. The third kappa shape index (κ3) is 12.5. The van der Waals surface area contributed by atoms with Crippen LogP contribution in [0.5, 0.6) is 0 Å². The number of carbonyl (C=O) groups is 7. The standard InChI is InChI=1S/C32H43N3O8Se/c1-20(2)16-25(17-27(37)12-14-35-29(39)10-11-30(35)40)32(42)33-21(3)28(38)18-24(13-15-44-5)31(41)34-26-8-6-23(7-9-26)19-43-22(4)36/h6-11,20-21,24-25H,12-19H2,1-5H3,(H,33,42)(H,34,41)/t21-,24+,25-/m0/s1. The van der Waals surface area contributed by atoms with Gasteiger partial charge in [-0.15, -0.1) is 0 Å². The Balaban J connectivity index is 1.97. The molecule has 4 amide bonds. The van der Waals surface area contributed by atoms with Crippen LogP contribution in [0.15, 0.2) is 36.4 Å². The molecule has 0 saturated heterocycles. The summed E-state index contributed by atoms with van der Waals surface area (Å²) >= 11 is 0.308. The summed E-state index contributed by atoms with van der Waals surface area (Å²) in [6, 6.07) is 6.03. The van der Waals surface area contributed by atoms with E-state index in [0.29, 0.717) is 33.5 Å². The van der Waals surface area contributed by atoms with Gasteiger partial charge in [-0.2, -0.15) is 0 Å². The summed E-state index contributed by atoms with van der Waals surface area (Å²) in [5.74, 6) is -1.66. The third-order valence-electron chi connectivity index (χ3n) is 7.11. The zero-order valence-electron chi connectivity index (χ0n) is 26.1. The molecule has 0 aliphatic carbocycles. The van der Waals surface area contributed by atoms with E-state index in [-0.39, 0.29) is 61.8 Å². The van der Waals surface area contributed by atoms with Crippen molar-refractivity contribution in [3.63, 3.8) is 0 Å². The Bertz CT molecular complexity index is 1230. The number of amides is 4. The van der Waals surface area contributed by atoms with Gasteiger partial charge in [0.15, 0.2) is 0 Å². The number of nitrogens with zero attached hydrogens (tertiary/aromatic N) is 1. The van der Waals surface area contributed by atoms with E-state index in [0.717, 1.165) is 27.9 Å². The van der Waals surface area contributed by atoms with E-state index >= 15 is 0 Å². The van der Waals surface area contributed by atoms with Crippen molar-refractivity contribution in [3.8, 4) is 0 Å². The first-order chi connectivity index (χ1) is 20.8. The Morgan fingerprint density at radius 1 is 0.909 bits per heavy atom.